The van der Waals surface area contributed by atoms with E-state index in [1.165, 1.54) is 11.8 Å². The van der Waals surface area contributed by atoms with Gasteiger partial charge >= 0.3 is 6.09 Å². The summed E-state index contributed by atoms with van der Waals surface area (Å²) in [6, 6.07) is 5.67. The minimum absolute atomic E-state index is 0.0288. The van der Waals surface area contributed by atoms with Crippen LogP contribution < -0.4 is 10.2 Å². The minimum atomic E-state index is -3.13. The number of amidine groups is 1. The van der Waals surface area contributed by atoms with Crippen LogP contribution in [0, 0.1) is 13.8 Å². The van der Waals surface area contributed by atoms with Crippen LogP contribution in [0.1, 0.15) is 31.9 Å². The van der Waals surface area contributed by atoms with Crippen LogP contribution in [0.5, 0.6) is 0 Å². The number of alkyl carbamates (subject to hydrolysis) is 1. The number of rotatable bonds is 3. The molecule has 2 atom stereocenters. The molecule has 0 aliphatic carbocycles. The Bertz CT molecular complexity index is 978. The second-order valence-electron chi connectivity index (χ2n) is 8.66. The van der Waals surface area contributed by atoms with Gasteiger partial charge in [0.1, 0.15) is 12.1 Å². The van der Waals surface area contributed by atoms with Crippen molar-refractivity contribution in [1.82, 2.24) is 5.32 Å². The minimum Gasteiger partial charge on any atom is -0.444 e. The van der Waals surface area contributed by atoms with Gasteiger partial charge in [0, 0.05) is 10.9 Å². The number of hydrogen-bond donors (Lipinski definition) is 1. The first-order valence-corrected chi connectivity index (χ1v) is 12.4. The predicted molar refractivity (Wildman–Crippen MR) is 119 cm³/mol. The summed E-state index contributed by atoms with van der Waals surface area (Å²) in [5.41, 5.74) is 2.23. The third-order valence-corrected chi connectivity index (χ3v) is 7.76. The van der Waals surface area contributed by atoms with E-state index in [0.717, 1.165) is 16.8 Å². The second-order valence-corrected chi connectivity index (χ2v) is 12.0. The maximum atomic E-state index is 12.4. The summed E-state index contributed by atoms with van der Waals surface area (Å²) < 4.78 is 29.5. The normalized spacial score (nSPS) is 24.0. The Morgan fingerprint density at radius 3 is 2.43 bits per heavy atom. The molecular weight excluding hydrogens is 426 g/mol. The number of nitrogens with one attached hydrogen (secondary N) is 1. The molecule has 2 saturated heterocycles. The van der Waals surface area contributed by atoms with Crippen molar-refractivity contribution < 1.29 is 22.7 Å². The lowest BCUT2D eigenvalue weighted by Crippen LogP contribution is -2.38. The fraction of sp³-hybridized carbons (Fsp3) is 0.550. The van der Waals surface area contributed by atoms with Crippen molar-refractivity contribution >= 4 is 44.5 Å². The van der Waals surface area contributed by atoms with Crippen molar-refractivity contribution in [2.75, 3.05) is 23.0 Å². The first-order chi connectivity index (χ1) is 13.8. The average molecular weight is 454 g/mol. The molecule has 0 aromatic heterocycles. The molecule has 2 fully saturated rings. The van der Waals surface area contributed by atoms with Crippen LogP contribution in [-0.2, 0) is 19.4 Å². The second kappa shape index (κ2) is 8.22. The zero-order valence-corrected chi connectivity index (χ0v) is 19.4. The lowest BCUT2D eigenvalue weighted by molar-refractivity contribution is -0.117. The number of carbonyl (C=O) groups is 2. The zero-order valence-electron chi connectivity index (χ0n) is 17.8. The zero-order chi connectivity index (χ0) is 22.3. The number of amides is 2. The number of sulfone groups is 1. The number of hydrogen-bond acceptors (Lipinski definition) is 6. The molecule has 10 heteroatoms. The monoisotopic (exact) mass is 453 g/mol. The van der Waals surface area contributed by atoms with Gasteiger partial charge in [-0.25, -0.2) is 13.2 Å². The topological polar surface area (TPSA) is 105 Å². The van der Waals surface area contributed by atoms with E-state index in [9.17, 15) is 18.0 Å². The fourth-order valence-corrected chi connectivity index (χ4v) is 7.50. The highest BCUT2D eigenvalue weighted by Crippen LogP contribution is 2.41. The van der Waals surface area contributed by atoms with Crippen LogP contribution >= 0.6 is 11.8 Å². The largest absolute Gasteiger partial charge is 0.444 e. The highest BCUT2D eigenvalue weighted by molar-refractivity contribution is 8.16. The van der Waals surface area contributed by atoms with Gasteiger partial charge in [-0.15, -0.1) is 0 Å². The number of carbonyl (C=O) groups excluding carboxylic acids is 2. The Morgan fingerprint density at radius 1 is 1.20 bits per heavy atom. The van der Waals surface area contributed by atoms with E-state index in [-0.39, 0.29) is 29.3 Å². The molecule has 2 heterocycles. The number of aryl methyl sites for hydroxylation is 2. The molecule has 2 aliphatic heterocycles. The van der Waals surface area contributed by atoms with E-state index in [1.54, 1.807) is 20.8 Å². The van der Waals surface area contributed by atoms with Crippen LogP contribution in [0.2, 0.25) is 0 Å². The van der Waals surface area contributed by atoms with Gasteiger partial charge in [0.05, 0.1) is 17.5 Å². The molecule has 3 rings (SSSR count). The number of thioether (sulfide) groups is 1. The molecule has 0 radical (unpaired) electrons. The molecule has 0 unspecified atom stereocenters. The van der Waals surface area contributed by atoms with Crippen LogP contribution in [0.25, 0.3) is 0 Å². The molecule has 8 nitrogen and oxygen atoms in total. The van der Waals surface area contributed by atoms with Gasteiger partial charge in [-0.1, -0.05) is 17.8 Å². The van der Waals surface area contributed by atoms with Crippen molar-refractivity contribution in [2.24, 2.45) is 4.99 Å². The number of nitrogens with zero attached hydrogens (tertiary/aromatic N) is 2. The van der Waals surface area contributed by atoms with E-state index in [1.807, 2.05) is 36.9 Å². The quantitative estimate of drug-likeness (QED) is 0.749. The number of ether oxygens (including phenoxy) is 1. The molecule has 1 aromatic rings. The highest BCUT2D eigenvalue weighted by atomic mass is 32.2. The standard InChI is InChI=1S/C20H27N3O5S2/c1-12-6-13(2)8-14(7-12)23-15-10-30(26,27)11-16(15)29-18(23)22-17(24)9-21-19(25)28-20(3,4)5/h6-8,15-16H,9-11H2,1-5H3,(H,21,25)/t15-,16+/m1/s1. The van der Waals surface area contributed by atoms with Crippen molar-refractivity contribution in [3.8, 4) is 0 Å². The van der Waals surface area contributed by atoms with Crippen LogP contribution in [0.4, 0.5) is 10.5 Å². The van der Waals surface area contributed by atoms with Gasteiger partial charge < -0.3 is 15.0 Å². The predicted octanol–water partition coefficient (Wildman–Crippen LogP) is 2.43. The van der Waals surface area contributed by atoms with Crippen molar-refractivity contribution in [1.29, 1.82) is 0 Å². The molecule has 164 valence electrons. The van der Waals surface area contributed by atoms with E-state index >= 15 is 0 Å². The molecule has 1 aromatic carbocycles. The molecular formula is C20H27N3O5S2. The van der Waals surface area contributed by atoms with Gasteiger partial charge in [0.15, 0.2) is 15.0 Å². The molecule has 2 amide bonds. The van der Waals surface area contributed by atoms with Gasteiger partial charge in [0.2, 0.25) is 0 Å². The fourth-order valence-electron chi connectivity index (χ4n) is 3.56. The van der Waals surface area contributed by atoms with Crippen LogP contribution in [0.15, 0.2) is 23.2 Å². The van der Waals surface area contributed by atoms with Crippen molar-refractivity contribution in [2.45, 2.75) is 51.5 Å². The van der Waals surface area contributed by atoms with Crippen LogP contribution in [0.3, 0.4) is 0 Å². The van der Waals surface area contributed by atoms with Crippen LogP contribution in [-0.4, -0.2) is 60.5 Å². The summed E-state index contributed by atoms with van der Waals surface area (Å²) >= 11 is 1.30. The van der Waals surface area contributed by atoms with Gasteiger partial charge in [-0.3, -0.25) is 4.79 Å². The first-order valence-electron chi connectivity index (χ1n) is 9.66. The molecule has 1 N–H and O–H groups in total. The van der Waals surface area contributed by atoms with Crippen molar-refractivity contribution in [3.63, 3.8) is 0 Å². The molecule has 0 bridgehead atoms. The van der Waals surface area contributed by atoms with E-state index in [2.05, 4.69) is 10.3 Å². The summed E-state index contributed by atoms with van der Waals surface area (Å²) in [6.45, 7) is 8.84. The molecule has 0 saturated carbocycles. The Morgan fingerprint density at radius 2 is 1.83 bits per heavy atom. The van der Waals surface area contributed by atoms with Gasteiger partial charge in [-0.05, 0) is 57.9 Å². The molecule has 30 heavy (non-hydrogen) atoms. The lowest BCUT2D eigenvalue weighted by Gasteiger charge is -2.25. The summed E-state index contributed by atoms with van der Waals surface area (Å²) in [7, 11) is -3.13. The highest BCUT2D eigenvalue weighted by Gasteiger charge is 2.49. The Balaban J connectivity index is 1.82. The van der Waals surface area contributed by atoms with E-state index < -0.39 is 27.4 Å². The third kappa shape index (κ3) is 5.54. The first kappa shape index (κ1) is 22.6. The number of benzene rings is 1. The maximum absolute atomic E-state index is 12.4. The van der Waals surface area contributed by atoms with Crippen molar-refractivity contribution in [3.05, 3.63) is 29.3 Å². The van der Waals surface area contributed by atoms with Gasteiger partial charge in [-0.2, -0.15) is 4.99 Å². The van der Waals surface area contributed by atoms with E-state index in [0.29, 0.717) is 5.17 Å². The number of anilines is 1. The average Bonchev–Trinajstić information content (AvgIpc) is 3.01. The smallest absolute Gasteiger partial charge is 0.408 e. The lowest BCUT2D eigenvalue weighted by atomic mass is 10.1. The number of fused-ring (bicyclic) bond motifs is 1. The summed E-state index contributed by atoms with van der Waals surface area (Å²) in [4.78, 5) is 30.2. The Kier molecular flexibility index (Phi) is 6.20. The summed E-state index contributed by atoms with van der Waals surface area (Å²) in [5.74, 6) is -0.436. The van der Waals surface area contributed by atoms with E-state index in [4.69, 9.17) is 4.74 Å². The molecule has 0 spiro atoms. The Labute approximate surface area is 181 Å². The number of aliphatic imine (C=N–C) groups is 1. The SMILES string of the molecule is Cc1cc(C)cc(N2C(=NC(=O)CNC(=O)OC(C)(C)C)S[C@H]3CS(=O)(=O)C[C@H]32)c1. The maximum Gasteiger partial charge on any atom is 0.408 e. The van der Waals surface area contributed by atoms with Gasteiger partial charge in [0.25, 0.3) is 5.91 Å². The summed E-state index contributed by atoms with van der Waals surface area (Å²) in [5, 5.41) is 2.69. The molecule has 2 aliphatic rings. The third-order valence-electron chi connectivity index (χ3n) is 4.55. The Hall–Kier alpha value is -2.07. The summed E-state index contributed by atoms with van der Waals surface area (Å²) in [6.07, 6.45) is -0.691.